The highest BCUT2D eigenvalue weighted by Crippen LogP contribution is 2.39. The van der Waals surface area contributed by atoms with E-state index in [1.807, 2.05) is 19.0 Å². The molecule has 3 rings (SSSR count). The Labute approximate surface area is 144 Å². The van der Waals surface area contributed by atoms with Crippen molar-refractivity contribution < 1.29 is 14.7 Å². The molecule has 0 bridgehead atoms. The van der Waals surface area contributed by atoms with E-state index in [1.54, 1.807) is 24.3 Å². The summed E-state index contributed by atoms with van der Waals surface area (Å²) in [7, 11) is 3.89. The predicted octanol–water partition coefficient (Wildman–Crippen LogP) is 2.79. The molecule has 1 aliphatic rings. The molecule has 0 aromatic heterocycles. The quantitative estimate of drug-likeness (QED) is 0.712. The summed E-state index contributed by atoms with van der Waals surface area (Å²) in [5.74, 6) is -0.962. The third-order valence-corrected chi connectivity index (χ3v) is 4.31. The molecule has 0 saturated heterocycles. The van der Waals surface area contributed by atoms with Gasteiger partial charge in [-0.25, -0.2) is 0 Å². The van der Waals surface area contributed by atoms with Crippen molar-refractivity contribution in [2.75, 3.05) is 32.5 Å². The van der Waals surface area contributed by atoms with Crippen LogP contribution in [0.3, 0.4) is 0 Å². The van der Waals surface area contributed by atoms with Gasteiger partial charge in [-0.15, -0.1) is 0 Å². The van der Waals surface area contributed by atoms with Crippen molar-refractivity contribution in [1.29, 1.82) is 0 Å². The molecule has 0 unspecified atom stereocenters. The maximum Gasteiger partial charge on any atom is 0.199 e. The second-order valence-corrected chi connectivity index (χ2v) is 6.34. The molecule has 0 radical (unpaired) electrons. The molecule has 0 atom stereocenters. The second-order valence-electron chi connectivity index (χ2n) is 5.93. The molecule has 0 aliphatic heterocycles. The van der Waals surface area contributed by atoms with E-state index in [9.17, 15) is 14.7 Å². The number of phenols is 1. The summed E-state index contributed by atoms with van der Waals surface area (Å²) >= 11 is 6.10. The number of carbonyl (C=O) groups is 2. The molecule has 0 saturated carbocycles. The number of nitrogens with one attached hydrogen (secondary N) is 1. The van der Waals surface area contributed by atoms with Crippen LogP contribution in [0.25, 0.3) is 0 Å². The van der Waals surface area contributed by atoms with Crippen molar-refractivity contribution in [3.8, 4) is 5.75 Å². The molecule has 0 heterocycles. The number of likely N-dealkylation sites (N-methyl/N-ethyl adjacent to an activating group) is 1. The fourth-order valence-electron chi connectivity index (χ4n) is 2.82. The summed E-state index contributed by atoms with van der Waals surface area (Å²) in [6.45, 7) is 1.37. The van der Waals surface area contributed by atoms with Crippen molar-refractivity contribution in [3.05, 3.63) is 57.6 Å². The number of phenolic OH excluding ortho intramolecular Hbond substituents is 1. The van der Waals surface area contributed by atoms with Gasteiger partial charge in [0.15, 0.2) is 11.6 Å². The zero-order valence-electron chi connectivity index (χ0n) is 13.4. The van der Waals surface area contributed by atoms with E-state index in [0.29, 0.717) is 12.2 Å². The number of halogens is 1. The minimum atomic E-state index is -0.432. The summed E-state index contributed by atoms with van der Waals surface area (Å²) in [4.78, 5) is 27.7. The third kappa shape index (κ3) is 2.66. The fraction of sp³-hybridized carbons (Fsp3) is 0.222. The first kappa shape index (κ1) is 16.5. The van der Waals surface area contributed by atoms with Crippen LogP contribution in [0.1, 0.15) is 31.8 Å². The maximum absolute atomic E-state index is 12.9. The highest BCUT2D eigenvalue weighted by atomic mass is 35.5. The Morgan fingerprint density at radius 2 is 1.79 bits per heavy atom. The average Bonchev–Trinajstić information content (AvgIpc) is 2.53. The third-order valence-electron chi connectivity index (χ3n) is 4.00. The highest BCUT2D eigenvalue weighted by molar-refractivity contribution is 6.40. The van der Waals surface area contributed by atoms with Crippen LogP contribution >= 0.6 is 11.6 Å². The molecule has 5 nitrogen and oxygen atoms in total. The van der Waals surface area contributed by atoms with Gasteiger partial charge in [0, 0.05) is 24.3 Å². The number of carbonyl (C=O) groups excluding carboxylic acids is 2. The lowest BCUT2D eigenvalue weighted by Gasteiger charge is -2.22. The van der Waals surface area contributed by atoms with Gasteiger partial charge in [-0.3, -0.25) is 9.59 Å². The van der Waals surface area contributed by atoms with E-state index >= 15 is 0 Å². The zero-order chi connectivity index (χ0) is 17.4. The lowest BCUT2D eigenvalue weighted by molar-refractivity contribution is 0.0977. The fourth-order valence-corrected chi connectivity index (χ4v) is 3.08. The smallest absolute Gasteiger partial charge is 0.199 e. The minimum Gasteiger partial charge on any atom is -0.507 e. The SMILES string of the molecule is CN(C)CCNc1ccc(O)c2c1C(=O)c1cccc(Cl)c1C2=O. The largest absolute Gasteiger partial charge is 0.507 e. The monoisotopic (exact) mass is 344 g/mol. The summed E-state index contributed by atoms with van der Waals surface area (Å²) in [5, 5.41) is 13.5. The van der Waals surface area contributed by atoms with Crippen molar-refractivity contribution in [2.24, 2.45) is 0 Å². The van der Waals surface area contributed by atoms with Crippen molar-refractivity contribution in [2.45, 2.75) is 0 Å². The standard InChI is InChI=1S/C18H17ClN2O3/c1-21(2)9-8-20-12-6-7-13(22)16-15(12)17(23)10-4-3-5-11(19)14(10)18(16)24/h3-7,20,22H,8-9H2,1-2H3. The number of nitrogens with zero attached hydrogens (tertiary/aromatic N) is 1. The van der Waals surface area contributed by atoms with E-state index in [1.165, 1.54) is 6.07 Å². The maximum atomic E-state index is 12.9. The first-order valence-corrected chi connectivity index (χ1v) is 7.92. The van der Waals surface area contributed by atoms with Gasteiger partial charge < -0.3 is 15.3 Å². The molecule has 124 valence electrons. The molecule has 0 amide bonds. The number of aromatic hydroxyl groups is 1. The van der Waals surface area contributed by atoms with Crippen LogP contribution in [0.4, 0.5) is 5.69 Å². The van der Waals surface area contributed by atoms with E-state index in [2.05, 4.69) is 5.32 Å². The second kappa shape index (κ2) is 6.26. The van der Waals surface area contributed by atoms with E-state index in [4.69, 9.17) is 11.6 Å². The molecule has 24 heavy (non-hydrogen) atoms. The van der Waals surface area contributed by atoms with Crippen molar-refractivity contribution in [3.63, 3.8) is 0 Å². The Morgan fingerprint density at radius 3 is 2.50 bits per heavy atom. The summed E-state index contributed by atoms with van der Waals surface area (Å²) in [6.07, 6.45) is 0. The van der Waals surface area contributed by atoms with Crippen molar-refractivity contribution >= 4 is 28.9 Å². The van der Waals surface area contributed by atoms with E-state index in [0.717, 1.165) is 6.54 Å². The van der Waals surface area contributed by atoms with Gasteiger partial charge in [0.05, 0.1) is 21.7 Å². The Hall–Kier alpha value is -2.37. The van der Waals surface area contributed by atoms with Gasteiger partial charge >= 0.3 is 0 Å². The average molecular weight is 345 g/mol. The first-order chi connectivity index (χ1) is 11.4. The van der Waals surface area contributed by atoms with E-state index < -0.39 is 5.78 Å². The molecule has 0 fully saturated rings. The van der Waals surface area contributed by atoms with Gasteiger partial charge in [0.25, 0.3) is 0 Å². The summed E-state index contributed by atoms with van der Waals surface area (Å²) < 4.78 is 0. The number of hydrogen-bond donors (Lipinski definition) is 2. The van der Waals surface area contributed by atoms with Gasteiger partial charge in [-0.1, -0.05) is 23.7 Å². The number of rotatable bonds is 4. The lowest BCUT2D eigenvalue weighted by atomic mass is 9.82. The Balaban J connectivity index is 2.11. The predicted molar refractivity (Wildman–Crippen MR) is 93.5 cm³/mol. The number of anilines is 1. The first-order valence-electron chi connectivity index (χ1n) is 7.54. The van der Waals surface area contributed by atoms with Crippen LogP contribution < -0.4 is 5.32 Å². The normalized spacial score (nSPS) is 13.0. The Kier molecular flexibility index (Phi) is 4.30. The summed E-state index contributed by atoms with van der Waals surface area (Å²) in [6, 6.07) is 7.82. The molecule has 6 heteroatoms. The van der Waals surface area contributed by atoms with Gasteiger partial charge in [-0.05, 0) is 32.3 Å². The van der Waals surface area contributed by atoms with Crippen LogP contribution in [0.15, 0.2) is 30.3 Å². The van der Waals surface area contributed by atoms with Crippen LogP contribution in [0.2, 0.25) is 5.02 Å². The van der Waals surface area contributed by atoms with Crippen LogP contribution in [0, 0.1) is 0 Å². The molecule has 2 N–H and O–H groups in total. The molecule has 0 spiro atoms. The molecular weight excluding hydrogens is 328 g/mol. The molecule has 1 aliphatic carbocycles. The highest BCUT2D eigenvalue weighted by Gasteiger charge is 2.35. The molecular formula is C18H17ClN2O3. The molecule has 2 aromatic rings. The number of ketones is 2. The van der Waals surface area contributed by atoms with Crippen LogP contribution in [0.5, 0.6) is 5.75 Å². The molecule has 2 aromatic carbocycles. The minimum absolute atomic E-state index is 0.00968. The zero-order valence-corrected chi connectivity index (χ0v) is 14.1. The van der Waals surface area contributed by atoms with Crippen LogP contribution in [-0.2, 0) is 0 Å². The summed E-state index contributed by atoms with van der Waals surface area (Å²) in [5.41, 5.74) is 1.16. The Bertz CT molecular complexity index is 846. The number of benzene rings is 2. The van der Waals surface area contributed by atoms with Gasteiger partial charge in [-0.2, -0.15) is 0 Å². The van der Waals surface area contributed by atoms with Gasteiger partial charge in [0.1, 0.15) is 5.75 Å². The number of hydrogen-bond acceptors (Lipinski definition) is 5. The Morgan fingerprint density at radius 1 is 1.04 bits per heavy atom. The van der Waals surface area contributed by atoms with Crippen molar-refractivity contribution in [1.82, 2.24) is 4.90 Å². The van der Waals surface area contributed by atoms with Crippen LogP contribution in [-0.4, -0.2) is 48.8 Å². The number of fused-ring (bicyclic) bond motifs is 2. The van der Waals surface area contributed by atoms with E-state index in [-0.39, 0.29) is 38.8 Å². The topological polar surface area (TPSA) is 69.6 Å². The lowest BCUT2D eigenvalue weighted by Crippen LogP contribution is -2.25. The van der Waals surface area contributed by atoms with Gasteiger partial charge in [0.2, 0.25) is 0 Å².